The van der Waals surface area contributed by atoms with Gasteiger partial charge in [0.25, 0.3) is 5.91 Å². The Morgan fingerprint density at radius 3 is 2.29 bits per heavy atom. The first kappa shape index (κ1) is 27.7. The SMILES string of the molecule is C=C.CS(N)(=O)=O.Cc1nc2nc(C(=O)N3CCCC3)cn2c(-c2ccc(Cl)cc2Cl)c1CN. The van der Waals surface area contributed by atoms with Gasteiger partial charge in [0.05, 0.1) is 17.0 Å². The van der Waals surface area contributed by atoms with E-state index < -0.39 is 10.0 Å². The minimum atomic E-state index is -3.17. The number of nitrogens with zero attached hydrogens (tertiary/aromatic N) is 4. The summed E-state index contributed by atoms with van der Waals surface area (Å²) in [6, 6.07) is 5.31. The van der Waals surface area contributed by atoms with Crippen molar-refractivity contribution in [1.82, 2.24) is 19.3 Å². The van der Waals surface area contributed by atoms with E-state index in [0.717, 1.165) is 54.7 Å². The number of carbonyl (C=O) groups excluding carboxylic acids is 1. The van der Waals surface area contributed by atoms with Crippen LogP contribution in [0.4, 0.5) is 0 Å². The Hall–Kier alpha value is -2.50. The van der Waals surface area contributed by atoms with Gasteiger partial charge in [-0.15, -0.1) is 13.2 Å². The fraction of sp³-hybridized carbons (Fsp3) is 0.318. The number of aromatic nitrogens is 3. The van der Waals surface area contributed by atoms with Crippen LogP contribution in [0, 0.1) is 6.92 Å². The molecule has 3 aromatic rings. The van der Waals surface area contributed by atoms with Crippen molar-refractivity contribution in [3.8, 4) is 11.3 Å². The number of benzene rings is 1. The molecule has 34 heavy (non-hydrogen) atoms. The predicted octanol–water partition coefficient (Wildman–Crippen LogP) is 3.41. The molecule has 1 saturated heterocycles. The van der Waals surface area contributed by atoms with Gasteiger partial charge in [0.15, 0.2) is 0 Å². The highest BCUT2D eigenvalue weighted by atomic mass is 35.5. The molecule has 1 aliphatic rings. The molecule has 3 heterocycles. The third-order valence-electron chi connectivity index (χ3n) is 4.92. The Bertz CT molecular complexity index is 1280. The van der Waals surface area contributed by atoms with E-state index in [1.165, 1.54) is 0 Å². The molecule has 0 aliphatic carbocycles. The van der Waals surface area contributed by atoms with Crippen molar-refractivity contribution < 1.29 is 13.2 Å². The number of sulfonamides is 1. The normalized spacial score (nSPS) is 13.2. The van der Waals surface area contributed by atoms with Crippen molar-refractivity contribution in [2.45, 2.75) is 26.3 Å². The largest absolute Gasteiger partial charge is 0.337 e. The van der Waals surface area contributed by atoms with E-state index in [4.69, 9.17) is 28.9 Å². The van der Waals surface area contributed by atoms with Crippen LogP contribution in [-0.4, -0.2) is 52.9 Å². The molecule has 0 bridgehead atoms. The number of halogens is 2. The van der Waals surface area contributed by atoms with E-state index in [1.54, 1.807) is 22.7 Å². The van der Waals surface area contributed by atoms with Crippen LogP contribution in [0.15, 0.2) is 37.6 Å². The number of imidazole rings is 1. The van der Waals surface area contributed by atoms with Crippen LogP contribution in [0.5, 0.6) is 0 Å². The maximum Gasteiger partial charge on any atom is 0.274 e. The first-order valence-electron chi connectivity index (χ1n) is 10.3. The molecule has 0 radical (unpaired) electrons. The van der Waals surface area contributed by atoms with Crippen molar-refractivity contribution in [2.75, 3.05) is 19.3 Å². The van der Waals surface area contributed by atoms with Crippen LogP contribution in [-0.2, 0) is 16.6 Å². The first-order chi connectivity index (χ1) is 16.0. The highest BCUT2D eigenvalue weighted by molar-refractivity contribution is 7.88. The molecular weight excluding hydrogens is 499 g/mol. The third kappa shape index (κ3) is 6.77. The molecule has 0 spiro atoms. The number of rotatable bonds is 3. The Morgan fingerprint density at radius 2 is 1.76 bits per heavy atom. The number of nitrogens with two attached hydrogens (primary N) is 2. The second-order valence-electron chi connectivity index (χ2n) is 7.48. The lowest BCUT2D eigenvalue weighted by atomic mass is 10.0. The van der Waals surface area contributed by atoms with Gasteiger partial charge in [-0.3, -0.25) is 9.20 Å². The average molecular weight is 527 g/mol. The summed E-state index contributed by atoms with van der Waals surface area (Å²) in [6.07, 6.45) is 4.72. The number of hydrogen-bond acceptors (Lipinski definition) is 6. The topological polar surface area (TPSA) is 137 Å². The molecule has 12 heteroatoms. The molecule has 1 aliphatic heterocycles. The Balaban J connectivity index is 0.000000520. The zero-order chi connectivity index (χ0) is 25.6. The van der Waals surface area contributed by atoms with Crippen LogP contribution in [0.1, 0.15) is 34.6 Å². The van der Waals surface area contributed by atoms with Crippen LogP contribution in [0.2, 0.25) is 10.0 Å². The van der Waals surface area contributed by atoms with Gasteiger partial charge in [0.1, 0.15) is 5.69 Å². The maximum atomic E-state index is 12.8. The van der Waals surface area contributed by atoms with Gasteiger partial charge in [-0.05, 0) is 38.0 Å². The molecule has 4 rings (SSSR count). The van der Waals surface area contributed by atoms with Gasteiger partial charge in [0, 0.05) is 47.7 Å². The van der Waals surface area contributed by atoms with Crippen LogP contribution in [0.3, 0.4) is 0 Å². The van der Waals surface area contributed by atoms with Gasteiger partial charge < -0.3 is 10.6 Å². The molecular formula is C22H28Cl2N6O3S. The van der Waals surface area contributed by atoms with Gasteiger partial charge >= 0.3 is 0 Å². The van der Waals surface area contributed by atoms with Crippen LogP contribution < -0.4 is 10.9 Å². The number of amides is 1. The lowest BCUT2D eigenvalue weighted by Gasteiger charge is -2.14. The standard InChI is InChI=1S/C19H19Cl2N5O.C2H4.CH5NO2S/c1-11-14(9-22)17(13-5-4-12(20)8-15(13)21)26-10-16(24-19(26)23-11)18(27)25-6-2-3-7-25;1-2;1-5(2,3)4/h4-5,8,10H,2-3,6-7,9,22H2,1H3;1-2H2;1H3,(H2,2,3,4). The van der Waals surface area contributed by atoms with Gasteiger partial charge in [-0.2, -0.15) is 0 Å². The summed E-state index contributed by atoms with van der Waals surface area (Å²) in [7, 11) is -3.17. The quantitative estimate of drug-likeness (QED) is 0.501. The molecule has 184 valence electrons. The number of fused-ring (bicyclic) bond motifs is 1. The number of primary sulfonamides is 1. The maximum absolute atomic E-state index is 12.8. The fourth-order valence-corrected chi connectivity index (χ4v) is 4.05. The molecule has 1 fully saturated rings. The minimum absolute atomic E-state index is 0.0712. The number of aryl methyl sites for hydroxylation is 1. The second kappa shape index (κ2) is 11.8. The summed E-state index contributed by atoms with van der Waals surface area (Å²) >= 11 is 12.5. The fourth-order valence-electron chi connectivity index (χ4n) is 3.55. The number of carbonyl (C=O) groups is 1. The summed E-state index contributed by atoms with van der Waals surface area (Å²) in [5, 5.41) is 5.38. The monoisotopic (exact) mass is 526 g/mol. The lowest BCUT2D eigenvalue weighted by molar-refractivity contribution is 0.0787. The van der Waals surface area contributed by atoms with E-state index >= 15 is 0 Å². The smallest absolute Gasteiger partial charge is 0.274 e. The zero-order valence-corrected chi connectivity index (χ0v) is 21.4. The summed E-state index contributed by atoms with van der Waals surface area (Å²) in [5.74, 6) is 0.381. The molecule has 0 atom stereocenters. The van der Waals surface area contributed by atoms with Crippen molar-refractivity contribution in [3.05, 3.63) is 64.6 Å². The summed E-state index contributed by atoms with van der Waals surface area (Å²) in [4.78, 5) is 23.6. The average Bonchev–Trinajstić information content (AvgIpc) is 3.43. The minimum Gasteiger partial charge on any atom is -0.337 e. The molecule has 0 saturated carbocycles. The molecule has 4 N–H and O–H groups in total. The van der Waals surface area contributed by atoms with Crippen molar-refractivity contribution in [1.29, 1.82) is 0 Å². The van der Waals surface area contributed by atoms with Crippen molar-refractivity contribution >= 4 is 44.9 Å². The lowest BCUT2D eigenvalue weighted by Crippen LogP contribution is -2.27. The summed E-state index contributed by atoms with van der Waals surface area (Å²) in [6.45, 7) is 9.70. The Kier molecular flexibility index (Phi) is 9.60. The Labute approximate surface area is 209 Å². The molecule has 1 aromatic carbocycles. The summed E-state index contributed by atoms with van der Waals surface area (Å²) in [5.41, 5.74) is 9.56. The predicted molar refractivity (Wildman–Crippen MR) is 136 cm³/mol. The van der Waals surface area contributed by atoms with E-state index in [9.17, 15) is 13.2 Å². The van der Waals surface area contributed by atoms with Crippen molar-refractivity contribution in [3.63, 3.8) is 0 Å². The third-order valence-corrected chi connectivity index (χ3v) is 5.47. The second-order valence-corrected chi connectivity index (χ2v) is 9.98. The van der Waals surface area contributed by atoms with E-state index in [-0.39, 0.29) is 12.5 Å². The van der Waals surface area contributed by atoms with Crippen LogP contribution in [0.25, 0.3) is 17.0 Å². The summed E-state index contributed by atoms with van der Waals surface area (Å²) < 4.78 is 20.6. The first-order valence-corrected chi connectivity index (χ1v) is 13.0. The zero-order valence-electron chi connectivity index (χ0n) is 19.1. The van der Waals surface area contributed by atoms with Crippen molar-refractivity contribution in [2.24, 2.45) is 10.9 Å². The van der Waals surface area contributed by atoms with E-state index in [2.05, 4.69) is 28.3 Å². The molecule has 2 aromatic heterocycles. The molecule has 0 unspecified atom stereocenters. The number of hydrogen-bond donors (Lipinski definition) is 2. The highest BCUT2D eigenvalue weighted by Crippen LogP contribution is 2.34. The van der Waals surface area contributed by atoms with Gasteiger partial charge in [0.2, 0.25) is 15.8 Å². The number of likely N-dealkylation sites (tertiary alicyclic amines) is 1. The van der Waals surface area contributed by atoms with E-state index in [1.807, 2.05) is 17.9 Å². The molecule has 9 nitrogen and oxygen atoms in total. The van der Waals surface area contributed by atoms with Crippen LogP contribution >= 0.6 is 23.2 Å². The Morgan fingerprint density at radius 1 is 1.18 bits per heavy atom. The van der Waals surface area contributed by atoms with Gasteiger partial charge in [-0.25, -0.2) is 23.5 Å². The highest BCUT2D eigenvalue weighted by Gasteiger charge is 2.24. The van der Waals surface area contributed by atoms with Gasteiger partial charge in [-0.1, -0.05) is 23.2 Å². The molecule has 1 amide bonds. The van der Waals surface area contributed by atoms with E-state index in [0.29, 0.717) is 21.5 Å².